The number of carbonyl (C=O) groups excluding carboxylic acids is 1. The molecule has 2 aliphatic rings. The van der Waals surface area contributed by atoms with Crippen LogP contribution in [0.4, 0.5) is 5.69 Å². The molecule has 1 aromatic heterocycles. The Morgan fingerprint density at radius 3 is 2.67 bits per heavy atom. The molecule has 8 heteroatoms. The molecule has 0 unspecified atom stereocenters. The number of anilines is 1. The number of aromatic nitrogens is 1. The number of benzene rings is 2. The first-order valence-electron chi connectivity index (χ1n) is 11.0. The highest BCUT2D eigenvalue weighted by Crippen LogP contribution is 2.36. The Morgan fingerprint density at radius 1 is 1.03 bits per heavy atom. The number of H-pyrrole nitrogens is 1. The van der Waals surface area contributed by atoms with E-state index in [9.17, 15) is 4.79 Å². The van der Waals surface area contributed by atoms with Gasteiger partial charge < -0.3 is 29.6 Å². The highest BCUT2D eigenvalue weighted by atomic mass is 16.5. The van der Waals surface area contributed by atoms with Crippen LogP contribution in [0.1, 0.15) is 16.1 Å². The smallest absolute Gasteiger partial charge is 0.254 e. The lowest BCUT2D eigenvalue weighted by Gasteiger charge is -2.30. The van der Waals surface area contributed by atoms with Crippen molar-refractivity contribution in [1.82, 2.24) is 15.2 Å². The van der Waals surface area contributed by atoms with Gasteiger partial charge in [0.1, 0.15) is 11.5 Å². The highest BCUT2D eigenvalue weighted by molar-refractivity contribution is 5.97. The van der Waals surface area contributed by atoms with E-state index < -0.39 is 0 Å². The summed E-state index contributed by atoms with van der Waals surface area (Å²) in [4.78, 5) is 24.9. The number of nitrogens with zero attached hydrogens (tertiary/aromatic N) is 3. The Labute approximate surface area is 192 Å². The number of piperazine rings is 1. The minimum absolute atomic E-state index is 0.0295. The third-order valence-corrected chi connectivity index (χ3v) is 6.08. The molecule has 3 heterocycles. The predicted octanol–water partition coefficient (Wildman–Crippen LogP) is 3.12. The molecule has 2 N–H and O–H groups in total. The molecular weight excluding hydrogens is 418 g/mol. The van der Waals surface area contributed by atoms with Gasteiger partial charge in [-0.2, -0.15) is 0 Å². The van der Waals surface area contributed by atoms with Gasteiger partial charge in [0.15, 0.2) is 0 Å². The molecule has 5 rings (SSSR count). The number of ether oxygens (including phenoxy) is 2. The third-order valence-electron chi connectivity index (χ3n) is 6.08. The summed E-state index contributed by atoms with van der Waals surface area (Å²) < 4.78 is 11.1. The number of hydrogen-bond donors (Lipinski definition) is 2. The molecule has 1 amide bonds. The lowest BCUT2D eigenvalue weighted by molar-refractivity contribution is 0.0735. The second-order valence-electron chi connectivity index (χ2n) is 8.02. The molecule has 170 valence electrons. The van der Waals surface area contributed by atoms with Crippen molar-refractivity contribution in [3.8, 4) is 11.5 Å². The van der Waals surface area contributed by atoms with Crippen LogP contribution in [0, 0.1) is 0 Å². The second kappa shape index (κ2) is 8.99. The third kappa shape index (κ3) is 4.05. The molecular formula is C25H27N5O3. The van der Waals surface area contributed by atoms with Crippen LogP contribution in [-0.2, 0) is 0 Å². The van der Waals surface area contributed by atoms with E-state index in [0.717, 1.165) is 46.8 Å². The number of carbonyl (C=O) groups is 1. The number of amides is 1. The average Bonchev–Trinajstić information content (AvgIpc) is 3.31. The first-order valence-corrected chi connectivity index (χ1v) is 11.0. The molecule has 0 aliphatic carbocycles. The fraction of sp³-hybridized carbons (Fsp3) is 0.280. The number of methoxy groups -OCH3 is 2. The normalized spacial score (nSPS) is 16.1. The van der Waals surface area contributed by atoms with Gasteiger partial charge in [0, 0.05) is 54.9 Å². The molecule has 2 aliphatic heterocycles. The maximum absolute atomic E-state index is 13.0. The summed E-state index contributed by atoms with van der Waals surface area (Å²) in [7, 11) is 3.29. The van der Waals surface area contributed by atoms with Gasteiger partial charge in [0.2, 0.25) is 0 Å². The van der Waals surface area contributed by atoms with E-state index in [1.54, 1.807) is 14.2 Å². The summed E-state index contributed by atoms with van der Waals surface area (Å²) in [6.45, 7) is 3.65. The van der Waals surface area contributed by atoms with E-state index in [1.807, 2.05) is 53.7 Å². The molecule has 0 radical (unpaired) electrons. The van der Waals surface area contributed by atoms with E-state index >= 15 is 0 Å². The summed E-state index contributed by atoms with van der Waals surface area (Å²) >= 11 is 0. The molecule has 8 nitrogen and oxygen atoms in total. The monoisotopic (exact) mass is 445 g/mol. The molecule has 0 bridgehead atoms. The number of rotatable bonds is 5. The van der Waals surface area contributed by atoms with Gasteiger partial charge in [-0.3, -0.25) is 9.79 Å². The van der Waals surface area contributed by atoms with Gasteiger partial charge in [-0.05, 0) is 36.4 Å². The quantitative estimate of drug-likeness (QED) is 0.631. The molecule has 0 atom stereocenters. The minimum atomic E-state index is 0.0295. The summed E-state index contributed by atoms with van der Waals surface area (Å²) in [5.41, 5.74) is 4.36. The Morgan fingerprint density at radius 2 is 1.88 bits per heavy atom. The Bertz CT molecular complexity index is 1240. The van der Waals surface area contributed by atoms with Gasteiger partial charge in [0.05, 0.1) is 44.0 Å². The standard InChI is InChI=1S/C25H27N5O3/c1-32-19-5-3-17-13-21(28-20(17)15-19)23-16-27-9-12-30(23)22-6-4-18(14-24(22)33-2)25(31)29-10-7-26-8-11-29/h3-6,9,13-16,26,28H,7-8,10-12H2,1-2H3. The zero-order chi connectivity index (χ0) is 22.8. The van der Waals surface area contributed by atoms with Gasteiger partial charge in [0.25, 0.3) is 5.91 Å². The fourth-order valence-corrected chi connectivity index (χ4v) is 4.32. The van der Waals surface area contributed by atoms with Gasteiger partial charge in [-0.25, -0.2) is 0 Å². The van der Waals surface area contributed by atoms with Crippen molar-refractivity contribution in [3.05, 3.63) is 59.9 Å². The predicted molar refractivity (Wildman–Crippen MR) is 130 cm³/mol. The van der Waals surface area contributed by atoms with Gasteiger partial charge >= 0.3 is 0 Å². The van der Waals surface area contributed by atoms with Crippen molar-refractivity contribution in [2.75, 3.05) is 51.8 Å². The van der Waals surface area contributed by atoms with Crippen molar-refractivity contribution in [3.63, 3.8) is 0 Å². The van der Waals surface area contributed by atoms with Crippen molar-refractivity contribution in [2.24, 2.45) is 4.99 Å². The first kappa shape index (κ1) is 21.1. The molecule has 1 fully saturated rings. The molecule has 1 saturated heterocycles. The van der Waals surface area contributed by atoms with Crippen molar-refractivity contribution < 1.29 is 14.3 Å². The molecule has 0 saturated carbocycles. The fourth-order valence-electron chi connectivity index (χ4n) is 4.32. The number of hydrogen-bond acceptors (Lipinski definition) is 6. The van der Waals surface area contributed by atoms with Crippen LogP contribution in [0.25, 0.3) is 16.6 Å². The van der Waals surface area contributed by atoms with E-state index in [4.69, 9.17) is 9.47 Å². The van der Waals surface area contributed by atoms with E-state index in [-0.39, 0.29) is 5.91 Å². The lowest BCUT2D eigenvalue weighted by Crippen LogP contribution is -2.46. The average molecular weight is 446 g/mol. The number of aromatic amines is 1. The number of nitrogens with one attached hydrogen (secondary N) is 2. The van der Waals surface area contributed by atoms with E-state index in [0.29, 0.717) is 30.9 Å². The molecule has 33 heavy (non-hydrogen) atoms. The minimum Gasteiger partial charge on any atom is -0.497 e. The van der Waals surface area contributed by atoms with Crippen molar-refractivity contribution >= 4 is 34.4 Å². The molecule has 2 aromatic carbocycles. The van der Waals surface area contributed by atoms with Crippen LogP contribution in [0.2, 0.25) is 0 Å². The van der Waals surface area contributed by atoms with Gasteiger partial charge in [-0.1, -0.05) is 0 Å². The Kier molecular flexibility index (Phi) is 5.75. The Hall–Kier alpha value is -3.78. The summed E-state index contributed by atoms with van der Waals surface area (Å²) in [6, 6.07) is 13.7. The largest absolute Gasteiger partial charge is 0.497 e. The summed E-state index contributed by atoms with van der Waals surface area (Å²) in [5.74, 6) is 1.48. The number of aliphatic imine (C=N–C) groups is 1. The Balaban J connectivity index is 1.48. The van der Waals surface area contributed by atoms with Gasteiger partial charge in [-0.15, -0.1) is 0 Å². The summed E-state index contributed by atoms with van der Waals surface area (Å²) in [5, 5.41) is 4.37. The maximum atomic E-state index is 13.0. The second-order valence-corrected chi connectivity index (χ2v) is 8.02. The summed E-state index contributed by atoms with van der Waals surface area (Å²) in [6.07, 6.45) is 3.69. The SMILES string of the molecule is COc1ccc2cc(C3=CN=CCN3c3ccc(C(=O)N4CCNCC4)cc3OC)[nH]c2c1. The van der Waals surface area contributed by atoms with Crippen LogP contribution in [0.5, 0.6) is 11.5 Å². The van der Waals surface area contributed by atoms with Crippen molar-refractivity contribution in [1.29, 1.82) is 0 Å². The highest BCUT2D eigenvalue weighted by Gasteiger charge is 2.24. The lowest BCUT2D eigenvalue weighted by atomic mass is 10.1. The van der Waals surface area contributed by atoms with Crippen LogP contribution >= 0.6 is 0 Å². The van der Waals surface area contributed by atoms with Crippen molar-refractivity contribution in [2.45, 2.75) is 0 Å². The van der Waals surface area contributed by atoms with Crippen LogP contribution < -0.4 is 19.7 Å². The zero-order valence-electron chi connectivity index (χ0n) is 18.8. The van der Waals surface area contributed by atoms with Crippen LogP contribution in [0.15, 0.2) is 53.7 Å². The maximum Gasteiger partial charge on any atom is 0.254 e. The van der Waals surface area contributed by atoms with E-state index in [1.165, 1.54) is 0 Å². The molecule has 0 spiro atoms. The zero-order valence-corrected chi connectivity index (χ0v) is 18.8. The van der Waals surface area contributed by atoms with Crippen LogP contribution in [-0.4, -0.2) is 68.9 Å². The first-order chi connectivity index (χ1) is 16.2. The molecule has 3 aromatic rings. The number of fused-ring (bicyclic) bond motifs is 1. The van der Waals surface area contributed by atoms with E-state index in [2.05, 4.69) is 26.3 Å². The topological polar surface area (TPSA) is 82.2 Å². The van der Waals surface area contributed by atoms with Crippen LogP contribution in [0.3, 0.4) is 0 Å².